The lowest BCUT2D eigenvalue weighted by atomic mass is 10.1. The first-order chi connectivity index (χ1) is 10.7. The van der Waals surface area contributed by atoms with Gasteiger partial charge in [0.05, 0.1) is 0 Å². The van der Waals surface area contributed by atoms with E-state index < -0.39 is 12.1 Å². The Hall–Kier alpha value is -1.13. The molecule has 128 valence electrons. The van der Waals surface area contributed by atoms with Gasteiger partial charge in [-0.05, 0) is 32.1 Å². The summed E-state index contributed by atoms with van der Waals surface area (Å²) in [6, 6.07) is 0. The number of unbranched alkanes of at least 4 members (excludes halogenated alkanes) is 8. The van der Waals surface area contributed by atoms with Crippen LogP contribution in [0.4, 0.5) is 0 Å². The van der Waals surface area contributed by atoms with Crippen molar-refractivity contribution >= 4 is 5.97 Å². The van der Waals surface area contributed by atoms with E-state index in [2.05, 4.69) is 36.1 Å². The minimum absolute atomic E-state index is 0.370. The van der Waals surface area contributed by atoms with E-state index in [4.69, 9.17) is 10.4 Å². The second-order valence-electron chi connectivity index (χ2n) is 5.63. The lowest BCUT2D eigenvalue weighted by Crippen LogP contribution is -2.22. The summed E-state index contributed by atoms with van der Waals surface area (Å²) in [5, 5.41) is 17.1. The Morgan fingerprint density at radius 2 is 1.50 bits per heavy atom. The Morgan fingerprint density at radius 3 is 2.05 bits per heavy atom. The molecule has 1 unspecified atom stereocenters. The number of hydrogen-bond acceptors (Lipinski definition) is 3. The summed E-state index contributed by atoms with van der Waals surface area (Å²) in [6.07, 6.45) is 19.3. The first-order valence-electron chi connectivity index (χ1n) is 8.57. The molecule has 4 nitrogen and oxygen atoms in total. The second-order valence-corrected chi connectivity index (χ2v) is 5.63. The van der Waals surface area contributed by atoms with Crippen molar-refractivity contribution < 1.29 is 20.0 Å². The van der Waals surface area contributed by atoms with Crippen molar-refractivity contribution in [2.24, 2.45) is 0 Å². The summed E-state index contributed by atoms with van der Waals surface area (Å²) in [5.41, 5.74) is 0. The van der Waals surface area contributed by atoms with Crippen LogP contribution in [0.15, 0.2) is 24.3 Å². The van der Waals surface area contributed by atoms with Gasteiger partial charge in [-0.3, -0.25) is 5.26 Å². The van der Waals surface area contributed by atoms with Gasteiger partial charge in [0.1, 0.15) is 0 Å². The molecule has 0 aromatic heterocycles. The number of carbonyl (C=O) groups is 1. The van der Waals surface area contributed by atoms with Crippen molar-refractivity contribution in [3.63, 3.8) is 0 Å². The maximum atomic E-state index is 10.6. The minimum atomic E-state index is -1.10. The van der Waals surface area contributed by atoms with Crippen LogP contribution in [-0.4, -0.2) is 22.4 Å². The molecule has 0 fully saturated rings. The van der Waals surface area contributed by atoms with Crippen molar-refractivity contribution in [1.29, 1.82) is 0 Å². The molecule has 0 aliphatic carbocycles. The smallest absolute Gasteiger partial charge is 0.336 e. The fraction of sp³-hybridized carbons (Fsp3) is 0.722. The highest BCUT2D eigenvalue weighted by Gasteiger charge is 2.16. The van der Waals surface area contributed by atoms with Gasteiger partial charge in [-0.2, -0.15) is 0 Å². The zero-order chi connectivity index (χ0) is 16.5. The van der Waals surface area contributed by atoms with Gasteiger partial charge in [0, 0.05) is 0 Å². The van der Waals surface area contributed by atoms with Crippen molar-refractivity contribution in [3.05, 3.63) is 24.3 Å². The van der Waals surface area contributed by atoms with E-state index in [0.29, 0.717) is 6.42 Å². The molecule has 0 saturated carbocycles. The molecule has 0 bridgehead atoms. The SMILES string of the molecule is CCCCC/C=C/C=C/CCCCCCCC(OO)C(=O)O. The molecule has 0 heterocycles. The highest BCUT2D eigenvalue weighted by atomic mass is 17.1. The van der Waals surface area contributed by atoms with Gasteiger partial charge in [-0.1, -0.05) is 69.8 Å². The van der Waals surface area contributed by atoms with Gasteiger partial charge < -0.3 is 5.11 Å². The molecular formula is C18H32O4. The van der Waals surface area contributed by atoms with Crippen LogP contribution < -0.4 is 0 Å². The number of allylic oxidation sites excluding steroid dienone is 4. The van der Waals surface area contributed by atoms with Crippen LogP contribution in [0.3, 0.4) is 0 Å². The lowest BCUT2D eigenvalue weighted by molar-refractivity contribution is -0.277. The lowest BCUT2D eigenvalue weighted by Gasteiger charge is -2.07. The molecule has 0 amide bonds. The van der Waals surface area contributed by atoms with Gasteiger partial charge >= 0.3 is 5.97 Å². The largest absolute Gasteiger partial charge is 0.479 e. The fourth-order valence-corrected chi connectivity index (χ4v) is 2.21. The highest BCUT2D eigenvalue weighted by molar-refractivity contribution is 5.72. The molecule has 0 spiro atoms. The van der Waals surface area contributed by atoms with Gasteiger partial charge in [0.2, 0.25) is 0 Å². The molecule has 0 saturated heterocycles. The molecule has 22 heavy (non-hydrogen) atoms. The highest BCUT2D eigenvalue weighted by Crippen LogP contribution is 2.10. The molecule has 4 heteroatoms. The number of rotatable bonds is 15. The van der Waals surface area contributed by atoms with E-state index in [1.807, 2.05) is 0 Å². The van der Waals surface area contributed by atoms with Gasteiger partial charge in [0.15, 0.2) is 6.10 Å². The van der Waals surface area contributed by atoms with E-state index in [1.165, 1.54) is 32.1 Å². The Labute approximate surface area is 134 Å². The molecule has 0 aliphatic rings. The van der Waals surface area contributed by atoms with Gasteiger partial charge in [-0.25, -0.2) is 9.68 Å². The molecule has 0 aromatic rings. The summed E-state index contributed by atoms with van der Waals surface area (Å²) >= 11 is 0. The van der Waals surface area contributed by atoms with Gasteiger partial charge in [0.25, 0.3) is 0 Å². The van der Waals surface area contributed by atoms with Crippen LogP contribution in [0.2, 0.25) is 0 Å². The average molecular weight is 312 g/mol. The van der Waals surface area contributed by atoms with E-state index in [9.17, 15) is 4.79 Å². The number of aliphatic carboxylic acids is 1. The molecular weight excluding hydrogens is 280 g/mol. The third kappa shape index (κ3) is 13.8. The monoisotopic (exact) mass is 312 g/mol. The predicted molar refractivity (Wildman–Crippen MR) is 89.9 cm³/mol. The number of hydrogen-bond donors (Lipinski definition) is 2. The van der Waals surface area contributed by atoms with E-state index in [1.54, 1.807) is 0 Å². The first kappa shape index (κ1) is 20.9. The van der Waals surface area contributed by atoms with E-state index >= 15 is 0 Å². The normalized spacial score (nSPS) is 13.2. The van der Waals surface area contributed by atoms with Crippen LogP contribution in [0.25, 0.3) is 0 Å². The van der Waals surface area contributed by atoms with Crippen molar-refractivity contribution in [1.82, 2.24) is 0 Å². The summed E-state index contributed by atoms with van der Waals surface area (Å²) in [6.45, 7) is 2.22. The minimum Gasteiger partial charge on any atom is -0.479 e. The maximum absolute atomic E-state index is 10.6. The standard InChI is InChI=1S/C18H32O4/c1-2-3-4-5-6-7-8-9-10-11-12-13-14-15-16-17(22-21)18(19)20/h6-9,17,21H,2-5,10-16H2,1H3,(H,19,20)/b7-6+,9-8+. The predicted octanol–water partition coefficient (Wildman–Crippen LogP) is 5.35. The third-order valence-corrected chi connectivity index (χ3v) is 3.60. The van der Waals surface area contributed by atoms with Crippen molar-refractivity contribution in [2.75, 3.05) is 0 Å². The quantitative estimate of drug-likeness (QED) is 0.185. The molecule has 0 aliphatic heterocycles. The molecule has 2 N–H and O–H groups in total. The first-order valence-corrected chi connectivity index (χ1v) is 8.57. The van der Waals surface area contributed by atoms with E-state index in [-0.39, 0.29) is 0 Å². The second kappa shape index (κ2) is 16.2. The Bertz CT molecular complexity index is 310. The Balaban J connectivity index is 3.34. The van der Waals surface area contributed by atoms with Crippen LogP contribution >= 0.6 is 0 Å². The molecule has 0 aromatic carbocycles. The van der Waals surface area contributed by atoms with Crippen LogP contribution in [0.5, 0.6) is 0 Å². The third-order valence-electron chi connectivity index (χ3n) is 3.60. The topological polar surface area (TPSA) is 66.8 Å². The number of carboxylic acid groups (broad SMARTS) is 1. The van der Waals surface area contributed by atoms with Gasteiger partial charge in [-0.15, -0.1) is 0 Å². The Morgan fingerprint density at radius 1 is 0.955 bits per heavy atom. The van der Waals surface area contributed by atoms with Crippen molar-refractivity contribution in [3.8, 4) is 0 Å². The molecule has 0 radical (unpaired) electrons. The van der Waals surface area contributed by atoms with Crippen LogP contribution in [0.1, 0.15) is 77.6 Å². The maximum Gasteiger partial charge on any atom is 0.336 e. The summed E-state index contributed by atoms with van der Waals surface area (Å²) in [7, 11) is 0. The number of carboxylic acids is 1. The zero-order valence-corrected chi connectivity index (χ0v) is 13.9. The Kier molecular flexibility index (Phi) is 15.4. The van der Waals surface area contributed by atoms with E-state index in [0.717, 1.165) is 32.1 Å². The molecule has 0 rings (SSSR count). The summed E-state index contributed by atoms with van der Waals surface area (Å²) in [4.78, 5) is 14.5. The zero-order valence-electron chi connectivity index (χ0n) is 13.9. The van der Waals surface area contributed by atoms with Crippen LogP contribution in [-0.2, 0) is 9.68 Å². The fourth-order valence-electron chi connectivity index (χ4n) is 2.21. The van der Waals surface area contributed by atoms with Crippen LogP contribution in [0, 0.1) is 0 Å². The molecule has 1 atom stereocenters. The summed E-state index contributed by atoms with van der Waals surface area (Å²) in [5.74, 6) is -1.10. The van der Waals surface area contributed by atoms with Crippen molar-refractivity contribution in [2.45, 2.75) is 83.7 Å². The summed E-state index contributed by atoms with van der Waals surface area (Å²) < 4.78 is 0. The average Bonchev–Trinajstić information content (AvgIpc) is 2.51.